The fourth-order valence-corrected chi connectivity index (χ4v) is 2.95. The average molecular weight is 274 g/mol. The molecular weight excluding hydrogens is 258 g/mol. The predicted octanol–water partition coefficient (Wildman–Crippen LogP) is 2.46. The maximum absolute atomic E-state index is 12.0. The average Bonchev–Trinajstić information content (AvgIpc) is 2.86. The molecule has 1 aliphatic rings. The van der Waals surface area contributed by atoms with E-state index in [0.717, 1.165) is 31.6 Å². The van der Waals surface area contributed by atoms with Crippen molar-refractivity contribution in [1.82, 2.24) is 14.9 Å². The Balaban J connectivity index is 2.02. The van der Waals surface area contributed by atoms with Crippen LogP contribution in [-0.4, -0.2) is 26.9 Å². The van der Waals surface area contributed by atoms with Gasteiger partial charge in [0.1, 0.15) is 0 Å². The van der Waals surface area contributed by atoms with Crippen LogP contribution in [0.3, 0.4) is 0 Å². The maximum atomic E-state index is 12.0. The molecular formula is C11H16ClN3OS. The second-order valence-corrected chi connectivity index (χ2v) is 5.72. The molecule has 0 aromatic carbocycles. The summed E-state index contributed by atoms with van der Waals surface area (Å²) < 4.78 is 3.69. The van der Waals surface area contributed by atoms with Crippen LogP contribution in [0, 0.1) is 5.92 Å². The van der Waals surface area contributed by atoms with Gasteiger partial charge in [-0.2, -0.15) is 0 Å². The zero-order valence-electron chi connectivity index (χ0n) is 9.78. The molecule has 2 rings (SSSR count). The van der Waals surface area contributed by atoms with Gasteiger partial charge in [0.05, 0.1) is 5.54 Å². The summed E-state index contributed by atoms with van der Waals surface area (Å²) in [5, 5.41) is 8.47. The van der Waals surface area contributed by atoms with E-state index in [1.165, 1.54) is 11.5 Å². The summed E-state index contributed by atoms with van der Waals surface area (Å²) in [6, 6.07) is 0. The SMILES string of the molecule is CC1CCC(CCl)(NC(=O)c2csnn2)CC1. The van der Waals surface area contributed by atoms with E-state index in [9.17, 15) is 4.79 Å². The second kappa shape index (κ2) is 5.31. The highest BCUT2D eigenvalue weighted by molar-refractivity contribution is 7.03. The first-order valence-electron chi connectivity index (χ1n) is 5.81. The number of nitrogens with zero attached hydrogens (tertiary/aromatic N) is 2. The molecule has 1 aliphatic carbocycles. The summed E-state index contributed by atoms with van der Waals surface area (Å²) in [5.74, 6) is 1.03. The van der Waals surface area contributed by atoms with Crippen LogP contribution < -0.4 is 5.32 Å². The molecule has 17 heavy (non-hydrogen) atoms. The smallest absolute Gasteiger partial charge is 0.273 e. The lowest BCUT2D eigenvalue weighted by Gasteiger charge is -2.38. The standard InChI is InChI=1S/C11H16ClN3OS/c1-8-2-4-11(7-12,5-3-8)13-10(16)9-6-17-15-14-9/h6,8H,2-5,7H2,1H3,(H,13,16). The summed E-state index contributed by atoms with van der Waals surface area (Å²) in [4.78, 5) is 12.0. The predicted molar refractivity (Wildman–Crippen MR) is 68.5 cm³/mol. The van der Waals surface area contributed by atoms with E-state index in [0.29, 0.717) is 11.6 Å². The van der Waals surface area contributed by atoms with Gasteiger partial charge in [0.25, 0.3) is 5.91 Å². The number of amides is 1. The molecule has 1 fully saturated rings. The first-order valence-corrected chi connectivity index (χ1v) is 7.18. The van der Waals surface area contributed by atoms with Gasteiger partial charge in [-0.3, -0.25) is 4.79 Å². The van der Waals surface area contributed by atoms with Crippen LogP contribution in [0.1, 0.15) is 43.1 Å². The molecule has 1 N–H and O–H groups in total. The molecule has 6 heteroatoms. The third-order valence-corrected chi connectivity index (χ3v) is 4.47. The van der Waals surface area contributed by atoms with Gasteiger partial charge in [0, 0.05) is 11.3 Å². The van der Waals surface area contributed by atoms with Gasteiger partial charge >= 0.3 is 0 Å². The number of aromatic nitrogens is 2. The first kappa shape index (κ1) is 12.8. The third kappa shape index (κ3) is 2.96. The summed E-state index contributed by atoms with van der Waals surface area (Å²) in [5.41, 5.74) is 0.132. The van der Waals surface area contributed by atoms with Crippen molar-refractivity contribution in [1.29, 1.82) is 0 Å². The Morgan fingerprint density at radius 3 is 2.88 bits per heavy atom. The fraction of sp³-hybridized carbons (Fsp3) is 0.727. The Kier molecular flexibility index (Phi) is 3.99. The van der Waals surface area contributed by atoms with Crippen molar-refractivity contribution in [2.75, 3.05) is 5.88 Å². The number of carbonyl (C=O) groups is 1. The van der Waals surface area contributed by atoms with Gasteiger partial charge in [-0.15, -0.1) is 16.7 Å². The molecule has 0 aliphatic heterocycles. The van der Waals surface area contributed by atoms with E-state index in [1.54, 1.807) is 5.38 Å². The minimum absolute atomic E-state index is 0.158. The Morgan fingerprint density at radius 1 is 1.65 bits per heavy atom. The van der Waals surface area contributed by atoms with E-state index in [2.05, 4.69) is 21.8 Å². The zero-order chi connectivity index (χ0) is 12.3. The number of hydrogen-bond donors (Lipinski definition) is 1. The Morgan fingerprint density at radius 2 is 2.35 bits per heavy atom. The second-order valence-electron chi connectivity index (χ2n) is 4.84. The van der Waals surface area contributed by atoms with Crippen molar-refractivity contribution < 1.29 is 4.79 Å². The van der Waals surface area contributed by atoms with Crippen molar-refractivity contribution >= 4 is 29.0 Å². The van der Waals surface area contributed by atoms with Gasteiger partial charge in [0.2, 0.25) is 0 Å². The first-order chi connectivity index (χ1) is 8.15. The Hall–Kier alpha value is -0.680. The van der Waals surface area contributed by atoms with Crippen LogP contribution in [0.25, 0.3) is 0 Å². The van der Waals surface area contributed by atoms with Crippen molar-refractivity contribution in [3.05, 3.63) is 11.1 Å². The van der Waals surface area contributed by atoms with E-state index in [-0.39, 0.29) is 11.4 Å². The summed E-state index contributed by atoms with van der Waals surface area (Å²) >= 11 is 7.22. The number of alkyl halides is 1. The molecule has 1 aromatic heterocycles. The van der Waals surface area contributed by atoms with Crippen molar-refractivity contribution in [2.45, 2.75) is 38.1 Å². The quantitative estimate of drug-likeness (QED) is 0.861. The Labute approximate surface area is 110 Å². The molecule has 1 heterocycles. The van der Waals surface area contributed by atoms with Crippen LogP contribution in [-0.2, 0) is 0 Å². The number of hydrogen-bond acceptors (Lipinski definition) is 4. The molecule has 1 saturated carbocycles. The van der Waals surface area contributed by atoms with Gasteiger partial charge in [0.15, 0.2) is 5.69 Å². The molecule has 1 amide bonds. The molecule has 0 radical (unpaired) electrons. The van der Waals surface area contributed by atoms with E-state index in [4.69, 9.17) is 11.6 Å². The number of nitrogens with one attached hydrogen (secondary N) is 1. The molecule has 1 aromatic rings. The minimum Gasteiger partial charge on any atom is -0.344 e. The van der Waals surface area contributed by atoms with Crippen molar-refractivity contribution in [3.63, 3.8) is 0 Å². The van der Waals surface area contributed by atoms with Gasteiger partial charge in [-0.05, 0) is 43.1 Å². The lowest BCUT2D eigenvalue weighted by atomic mass is 9.78. The topological polar surface area (TPSA) is 54.9 Å². The van der Waals surface area contributed by atoms with Gasteiger partial charge in [-0.25, -0.2) is 0 Å². The van der Waals surface area contributed by atoms with Crippen LogP contribution in [0.4, 0.5) is 0 Å². The minimum atomic E-state index is -0.255. The van der Waals surface area contributed by atoms with Crippen LogP contribution in [0.15, 0.2) is 5.38 Å². The molecule has 0 spiro atoms. The largest absolute Gasteiger partial charge is 0.344 e. The molecule has 0 bridgehead atoms. The Bertz CT molecular complexity index is 374. The van der Waals surface area contributed by atoms with Gasteiger partial charge < -0.3 is 5.32 Å². The fourth-order valence-electron chi connectivity index (χ4n) is 2.18. The van der Waals surface area contributed by atoms with Crippen LogP contribution in [0.2, 0.25) is 0 Å². The monoisotopic (exact) mass is 273 g/mol. The molecule has 0 saturated heterocycles. The molecule has 0 atom stereocenters. The molecule has 0 unspecified atom stereocenters. The highest BCUT2D eigenvalue weighted by Crippen LogP contribution is 2.32. The summed E-state index contributed by atoms with van der Waals surface area (Å²) in [7, 11) is 0. The maximum Gasteiger partial charge on any atom is 0.273 e. The summed E-state index contributed by atoms with van der Waals surface area (Å²) in [6.45, 7) is 2.24. The molecule has 94 valence electrons. The summed E-state index contributed by atoms with van der Waals surface area (Å²) in [6.07, 6.45) is 4.12. The number of halogens is 1. The van der Waals surface area contributed by atoms with E-state index < -0.39 is 0 Å². The highest BCUT2D eigenvalue weighted by atomic mass is 35.5. The lowest BCUT2D eigenvalue weighted by Crippen LogP contribution is -2.52. The molecule has 4 nitrogen and oxygen atoms in total. The van der Waals surface area contributed by atoms with Crippen LogP contribution >= 0.6 is 23.1 Å². The number of rotatable bonds is 3. The zero-order valence-corrected chi connectivity index (χ0v) is 11.4. The number of carbonyl (C=O) groups excluding carboxylic acids is 1. The van der Waals surface area contributed by atoms with Crippen molar-refractivity contribution in [3.8, 4) is 0 Å². The van der Waals surface area contributed by atoms with Crippen molar-refractivity contribution in [2.24, 2.45) is 5.92 Å². The van der Waals surface area contributed by atoms with Crippen LogP contribution in [0.5, 0.6) is 0 Å². The normalized spacial score (nSPS) is 28.9. The lowest BCUT2D eigenvalue weighted by molar-refractivity contribution is 0.0867. The van der Waals surface area contributed by atoms with E-state index in [1.807, 2.05) is 0 Å². The van der Waals surface area contributed by atoms with Gasteiger partial charge in [-0.1, -0.05) is 11.4 Å². The van der Waals surface area contributed by atoms with E-state index >= 15 is 0 Å². The third-order valence-electron chi connectivity index (χ3n) is 3.46. The highest BCUT2D eigenvalue weighted by Gasteiger charge is 2.35.